The van der Waals surface area contributed by atoms with E-state index in [2.05, 4.69) is 28.2 Å². The van der Waals surface area contributed by atoms with Gasteiger partial charge in [-0.2, -0.15) is 0 Å². The molecule has 88 valence electrons. The molecule has 1 aromatic carbocycles. The highest BCUT2D eigenvalue weighted by molar-refractivity contribution is 9.10. The molecule has 0 bridgehead atoms. The maximum atomic E-state index is 9.39. The van der Waals surface area contributed by atoms with Crippen molar-refractivity contribution in [3.8, 4) is 5.75 Å². The van der Waals surface area contributed by atoms with Crippen LogP contribution in [-0.4, -0.2) is 11.1 Å². The summed E-state index contributed by atoms with van der Waals surface area (Å²) in [5, 5.41) is 12.9. The standard InChI is InChI=1S/C13H18BrNO/c1-9(11-3-2-4-11)15-8-10-5-6-13(16)12(14)7-10/h5-7,9,11,15-16H,2-4,8H2,1H3. The third-order valence-corrected chi connectivity index (χ3v) is 4.13. The Morgan fingerprint density at radius 3 is 2.81 bits per heavy atom. The molecule has 1 aromatic rings. The fourth-order valence-corrected chi connectivity index (χ4v) is 2.47. The zero-order valence-corrected chi connectivity index (χ0v) is 11.1. The molecule has 0 amide bonds. The highest BCUT2D eigenvalue weighted by Gasteiger charge is 2.23. The fourth-order valence-electron chi connectivity index (χ4n) is 2.05. The van der Waals surface area contributed by atoms with E-state index in [0.29, 0.717) is 11.8 Å². The van der Waals surface area contributed by atoms with Crippen LogP contribution in [-0.2, 0) is 6.54 Å². The van der Waals surface area contributed by atoms with Crippen molar-refractivity contribution in [3.63, 3.8) is 0 Å². The molecular weight excluding hydrogens is 266 g/mol. The van der Waals surface area contributed by atoms with Gasteiger partial charge in [-0.05, 0) is 59.3 Å². The van der Waals surface area contributed by atoms with Gasteiger partial charge in [0.15, 0.2) is 0 Å². The van der Waals surface area contributed by atoms with E-state index < -0.39 is 0 Å². The zero-order valence-electron chi connectivity index (χ0n) is 9.54. The van der Waals surface area contributed by atoms with Gasteiger partial charge < -0.3 is 10.4 Å². The van der Waals surface area contributed by atoms with Crippen LogP contribution in [0.4, 0.5) is 0 Å². The SMILES string of the molecule is CC(NCc1ccc(O)c(Br)c1)C1CCC1. The lowest BCUT2D eigenvalue weighted by Gasteiger charge is -2.32. The molecule has 1 aliphatic carbocycles. The Bertz CT molecular complexity index is 363. The molecule has 0 spiro atoms. The van der Waals surface area contributed by atoms with Crippen LogP contribution in [0, 0.1) is 5.92 Å². The minimum absolute atomic E-state index is 0.302. The van der Waals surface area contributed by atoms with Crippen molar-refractivity contribution in [2.45, 2.75) is 38.8 Å². The van der Waals surface area contributed by atoms with Crippen molar-refractivity contribution in [2.24, 2.45) is 5.92 Å². The number of hydrogen-bond acceptors (Lipinski definition) is 2. The summed E-state index contributed by atoms with van der Waals surface area (Å²) >= 11 is 3.33. The summed E-state index contributed by atoms with van der Waals surface area (Å²) in [6.07, 6.45) is 4.13. The van der Waals surface area contributed by atoms with Crippen LogP contribution < -0.4 is 5.32 Å². The van der Waals surface area contributed by atoms with Crippen molar-refractivity contribution in [1.82, 2.24) is 5.32 Å². The molecule has 0 heterocycles. The smallest absolute Gasteiger partial charge is 0.129 e. The Hall–Kier alpha value is -0.540. The molecule has 2 rings (SSSR count). The zero-order chi connectivity index (χ0) is 11.5. The van der Waals surface area contributed by atoms with Crippen LogP contribution in [0.1, 0.15) is 31.7 Å². The van der Waals surface area contributed by atoms with Crippen molar-refractivity contribution in [1.29, 1.82) is 0 Å². The predicted octanol–water partition coefficient (Wildman–Crippen LogP) is 3.43. The number of benzene rings is 1. The van der Waals surface area contributed by atoms with Crippen molar-refractivity contribution in [2.75, 3.05) is 0 Å². The molecule has 1 saturated carbocycles. The first-order valence-electron chi connectivity index (χ1n) is 5.87. The molecule has 1 unspecified atom stereocenters. The Morgan fingerprint density at radius 2 is 2.25 bits per heavy atom. The van der Waals surface area contributed by atoms with Crippen LogP contribution in [0.5, 0.6) is 5.75 Å². The summed E-state index contributed by atoms with van der Waals surface area (Å²) in [6, 6.07) is 6.26. The highest BCUT2D eigenvalue weighted by atomic mass is 79.9. The lowest BCUT2D eigenvalue weighted by atomic mass is 9.80. The van der Waals surface area contributed by atoms with Gasteiger partial charge in [0.25, 0.3) is 0 Å². The van der Waals surface area contributed by atoms with E-state index in [4.69, 9.17) is 0 Å². The van der Waals surface area contributed by atoms with E-state index >= 15 is 0 Å². The second-order valence-electron chi connectivity index (χ2n) is 4.65. The van der Waals surface area contributed by atoms with E-state index in [1.165, 1.54) is 24.8 Å². The van der Waals surface area contributed by atoms with Crippen molar-refractivity contribution < 1.29 is 5.11 Å². The van der Waals surface area contributed by atoms with Gasteiger partial charge in [0.05, 0.1) is 4.47 Å². The molecular formula is C13H18BrNO. The Balaban J connectivity index is 1.86. The maximum absolute atomic E-state index is 9.39. The molecule has 1 aliphatic rings. The van der Waals surface area contributed by atoms with Crippen LogP contribution >= 0.6 is 15.9 Å². The summed E-state index contributed by atoms with van der Waals surface area (Å²) < 4.78 is 0.767. The van der Waals surface area contributed by atoms with Gasteiger partial charge in [0, 0.05) is 12.6 Å². The third-order valence-electron chi connectivity index (χ3n) is 3.50. The van der Waals surface area contributed by atoms with Gasteiger partial charge in [-0.25, -0.2) is 0 Å². The van der Waals surface area contributed by atoms with Gasteiger partial charge in [-0.3, -0.25) is 0 Å². The van der Waals surface area contributed by atoms with Gasteiger partial charge in [-0.1, -0.05) is 12.5 Å². The Morgan fingerprint density at radius 1 is 1.50 bits per heavy atom. The van der Waals surface area contributed by atoms with Crippen molar-refractivity contribution in [3.05, 3.63) is 28.2 Å². The average Bonchev–Trinajstić information content (AvgIpc) is 2.17. The number of rotatable bonds is 4. The molecule has 1 fully saturated rings. The van der Waals surface area contributed by atoms with E-state index in [1.807, 2.05) is 12.1 Å². The monoisotopic (exact) mass is 283 g/mol. The lowest BCUT2D eigenvalue weighted by Crippen LogP contribution is -2.36. The summed E-state index contributed by atoms with van der Waals surface area (Å²) in [5.74, 6) is 1.16. The fraction of sp³-hybridized carbons (Fsp3) is 0.538. The summed E-state index contributed by atoms with van der Waals surface area (Å²) in [7, 11) is 0. The topological polar surface area (TPSA) is 32.3 Å². The minimum Gasteiger partial charge on any atom is -0.507 e. The van der Waals surface area contributed by atoms with Gasteiger partial charge in [0.1, 0.15) is 5.75 Å². The highest BCUT2D eigenvalue weighted by Crippen LogP contribution is 2.29. The van der Waals surface area contributed by atoms with Crippen LogP contribution in [0.25, 0.3) is 0 Å². The lowest BCUT2D eigenvalue weighted by molar-refractivity contribution is 0.240. The predicted molar refractivity (Wildman–Crippen MR) is 69.4 cm³/mol. The van der Waals surface area contributed by atoms with Crippen LogP contribution in [0.3, 0.4) is 0 Å². The molecule has 16 heavy (non-hydrogen) atoms. The normalized spacial score (nSPS) is 18.1. The van der Waals surface area contributed by atoms with Crippen molar-refractivity contribution >= 4 is 15.9 Å². The minimum atomic E-state index is 0.302. The second kappa shape index (κ2) is 5.19. The molecule has 2 N–H and O–H groups in total. The number of phenolic OH excluding ortho intramolecular Hbond substituents is 1. The van der Waals surface area contributed by atoms with E-state index in [1.54, 1.807) is 6.07 Å². The van der Waals surface area contributed by atoms with Gasteiger partial charge >= 0.3 is 0 Å². The number of aromatic hydroxyl groups is 1. The third kappa shape index (κ3) is 2.77. The molecule has 0 radical (unpaired) electrons. The molecule has 0 aromatic heterocycles. The summed E-state index contributed by atoms with van der Waals surface area (Å²) in [4.78, 5) is 0. The Labute approximate surface area is 105 Å². The summed E-state index contributed by atoms with van der Waals surface area (Å²) in [5.41, 5.74) is 1.20. The largest absolute Gasteiger partial charge is 0.507 e. The summed E-state index contributed by atoms with van der Waals surface area (Å²) in [6.45, 7) is 3.13. The quantitative estimate of drug-likeness (QED) is 0.887. The van der Waals surface area contributed by atoms with Gasteiger partial charge in [-0.15, -0.1) is 0 Å². The van der Waals surface area contributed by atoms with E-state index in [0.717, 1.165) is 16.9 Å². The van der Waals surface area contributed by atoms with Gasteiger partial charge in [0.2, 0.25) is 0 Å². The maximum Gasteiger partial charge on any atom is 0.129 e. The molecule has 0 aliphatic heterocycles. The first-order chi connectivity index (χ1) is 7.66. The molecule has 1 atom stereocenters. The van der Waals surface area contributed by atoms with Crippen LogP contribution in [0.2, 0.25) is 0 Å². The number of halogens is 1. The first-order valence-corrected chi connectivity index (χ1v) is 6.67. The number of hydrogen-bond donors (Lipinski definition) is 2. The van der Waals surface area contributed by atoms with Crippen LogP contribution in [0.15, 0.2) is 22.7 Å². The second-order valence-corrected chi connectivity index (χ2v) is 5.50. The molecule has 2 nitrogen and oxygen atoms in total. The number of phenols is 1. The molecule has 3 heteroatoms. The molecule has 0 saturated heterocycles. The Kier molecular flexibility index (Phi) is 3.87. The van der Waals surface area contributed by atoms with E-state index in [-0.39, 0.29) is 0 Å². The first kappa shape index (κ1) is 11.9. The van der Waals surface area contributed by atoms with E-state index in [9.17, 15) is 5.11 Å². The average molecular weight is 284 g/mol. The number of nitrogens with one attached hydrogen (secondary N) is 1.